The second kappa shape index (κ2) is 5.89. The fraction of sp³-hybridized carbons (Fsp3) is 0.333. The maximum Gasteiger partial charge on any atom is 0.311 e. The Hall–Kier alpha value is -2.04. The zero-order valence-electron chi connectivity index (χ0n) is 9.69. The highest BCUT2D eigenvalue weighted by Gasteiger charge is 2.16. The van der Waals surface area contributed by atoms with Crippen LogP contribution in [0.15, 0.2) is 18.2 Å². The number of hydrogen-bond acceptors (Lipinski definition) is 4. The number of carbonyl (C=O) groups is 2. The van der Waals surface area contributed by atoms with Crippen LogP contribution in [0.1, 0.15) is 26.7 Å². The van der Waals surface area contributed by atoms with Crippen LogP contribution in [0.4, 0.5) is 0 Å². The summed E-state index contributed by atoms with van der Waals surface area (Å²) in [5.74, 6) is -1.88. The van der Waals surface area contributed by atoms with Gasteiger partial charge < -0.3 is 9.47 Å². The number of rotatable bonds is 4. The van der Waals surface area contributed by atoms with E-state index in [1.165, 1.54) is 18.2 Å². The normalized spacial score (nSPS) is 9.76. The van der Waals surface area contributed by atoms with Gasteiger partial charge >= 0.3 is 11.9 Å². The molecule has 0 unspecified atom stereocenters. The summed E-state index contributed by atoms with van der Waals surface area (Å²) in [6, 6.07) is 4.20. The lowest BCUT2D eigenvalue weighted by Gasteiger charge is -2.07. The lowest BCUT2D eigenvalue weighted by Crippen LogP contribution is -2.08. The van der Waals surface area contributed by atoms with Gasteiger partial charge in [-0.2, -0.15) is 0 Å². The highest BCUT2D eigenvalue weighted by molar-refractivity contribution is 5.75. The van der Waals surface area contributed by atoms with Gasteiger partial charge in [0.15, 0.2) is 11.5 Å². The van der Waals surface area contributed by atoms with Gasteiger partial charge in [0.25, 0.3) is 5.75 Å². The molecule has 1 aromatic carbocycles. The van der Waals surface area contributed by atoms with Crippen LogP contribution in [0.5, 0.6) is 17.2 Å². The summed E-state index contributed by atoms with van der Waals surface area (Å²) in [6.07, 6.45) is 0.330. The number of ether oxygens (including phenoxy) is 2. The van der Waals surface area contributed by atoms with Crippen molar-refractivity contribution in [2.24, 2.45) is 0 Å². The molecule has 0 aliphatic rings. The van der Waals surface area contributed by atoms with Crippen LogP contribution in [-0.4, -0.2) is 11.9 Å². The van der Waals surface area contributed by atoms with Crippen molar-refractivity contribution in [1.82, 2.24) is 0 Å². The quantitative estimate of drug-likeness (QED) is 0.595. The molecule has 0 heterocycles. The molecule has 1 aromatic rings. The second-order valence-electron chi connectivity index (χ2n) is 3.24. The Kier molecular flexibility index (Phi) is 4.51. The fourth-order valence-electron chi connectivity index (χ4n) is 1.05. The minimum Gasteiger partial charge on any atom is -0.422 e. The largest absolute Gasteiger partial charge is 0.422 e. The number of para-hydroxylation sites is 1. The highest BCUT2D eigenvalue weighted by atomic mass is 16.6. The summed E-state index contributed by atoms with van der Waals surface area (Å²) in [7, 11) is 0. The minimum absolute atomic E-state index is 0.127. The lowest BCUT2D eigenvalue weighted by molar-refractivity contribution is -0.134. The van der Waals surface area contributed by atoms with Crippen LogP contribution < -0.4 is 9.47 Å². The first-order chi connectivity index (χ1) is 8.08. The fourth-order valence-corrected chi connectivity index (χ4v) is 1.05. The van der Waals surface area contributed by atoms with Gasteiger partial charge in [-0.05, 0) is 12.1 Å². The molecule has 5 heteroatoms. The predicted octanol–water partition coefficient (Wildman–Crippen LogP) is 2.46. The van der Waals surface area contributed by atoms with E-state index in [1.807, 2.05) is 0 Å². The molecule has 0 aromatic heterocycles. The van der Waals surface area contributed by atoms with Crippen LogP contribution >= 0.6 is 0 Å². The summed E-state index contributed by atoms with van der Waals surface area (Å²) in [5, 5.41) is 11.7. The van der Waals surface area contributed by atoms with Gasteiger partial charge in [0.05, 0.1) is 0 Å². The zero-order chi connectivity index (χ0) is 12.8. The van der Waals surface area contributed by atoms with Crippen molar-refractivity contribution in [3.05, 3.63) is 18.2 Å². The molecule has 0 N–H and O–H groups in total. The number of carbonyl (C=O) groups excluding carboxylic acids is 2. The Labute approximate surface area is 99.0 Å². The van der Waals surface area contributed by atoms with E-state index in [9.17, 15) is 14.7 Å². The van der Waals surface area contributed by atoms with E-state index >= 15 is 0 Å². The molecule has 0 fully saturated rings. The van der Waals surface area contributed by atoms with Crippen LogP contribution in [0.25, 0.3) is 0 Å². The average Bonchev–Trinajstić information content (AvgIpc) is 2.33. The van der Waals surface area contributed by atoms with E-state index in [1.54, 1.807) is 13.8 Å². The van der Waals surface area contributed by atoms with Crippen molar-refractivity contribution >= 4 is 11.9 Å². The maximum atomic E-state index is 11.7. The van der Waals surface area contributed by atoms with E-state index in [0.29, 0.717) is 0 Å². The molecule has 0 saturated heterocycles. The maximum absolute atomic E-state index is 11.7. The molecule has 0 saturated carbocycles. The lowest BCUT2D eigenvalue weighted by atomic mass is 10.3. The standard InChI is InChI=1S/C12H13O5/c1-3-10(13)16-8-6-5-7-9(12(8)15)17-11(14)4-2/h5-7H,3-4H2,1-2H3. The van der Waals surface area contributed by atoms with Crippen LogP contribution in [0, 0.1) is 0 Å². The van der Waals surface area contributed by atoms with Gasteiger partial charge in [-0.25, -0.2) is 0 Å². The zero-order valence-corrected chi connectivity index (χ0v) is 9.69. The van der Waals surface area contributed by atoms with Gasteiger partial charge in [-0.1, -0.05) is 19.9 Å². The molecular weight excluding hydrogens is 224 g/mol. The van der Waals surface area contributed by atoms with Crippen molar-refractivity contribution < 1.29 is 24.2 Å². The van der Waals surface area contributed by atoms with Gasteiger partial charge in [-0.3, -0.25) is 14.7 Å². The molecule has 5 nitrogen and oxygen atoms in total. The highest BCUT2D eigenvalue weighted by Crippen LogP contribution is 2.36. The summed E-state index contributed by atoms with van der Waals surface area (Å²) in [5.41, 5.74) is 0. The molecule has 0 amide bonds. The summed E-state index contributed by atoms with van der Waals surface area (Å²) in [4.78, 5) is 22.1. The van der Waals surface area contributed by atoms with E-state index in [2.05, 4.69) is 0 Å². The van der Waals surface area contributed by atoms with Crippen LogP contribution in [0.3, 0.4) is 0 Å². The monoisotopic (exact) mass is 237 g/mol. The Morgan fingerprint density at radius 3 is 1.76 bits per heavy atom. The Balaban J connectivity index is 2.91. The van der Waals surface area contributed by atoms with Crippen molar-refractivity contribution in [1.29, 1.82) is 0 Å². The van der Waals surface area contributed by atoms with Gasteiger partial charge in [0, 0.05) is 12.8 Å². The summed E-state index contributed by atoms with van der Waals surface area (Å²) in [6.45, 7) is 3.24. The first-order valence-corrected chi connectivity index (χ1v) is 5.29. The molecule has 1 rings (SSSR count). The molecule has 0 aliphatic carbocycles. The van der Waals surface area contributed by atoms with Crippen molar-refractivity contribution in [3.63, 3.8) is 0 Å². The molecular formula is C12H13O5. The Morgan fingerprint density at radius 1 is 1.00 bits per heavy atom. The number of hydrogen-bond donors (Lipinski definition) is 0. The third-order valence-electron chi connectivity index (χ3n) is 1.97. The third-order valence-corrected chi connectivity index (χ3v) is 1.97. The van der Waals surface area contributed by atoms with E-state index in [-0.39, 0.29) is 24.3 Å². The van der Waals surface area contributed by atoms with E-state index in [0.717, 1.165) is 0 Å². The molecule has 0 spiro atoms. The van der Waals surface area contributed by atoms with E-state index in [4.69, 9.17) is 9.47 Å². The minimum atomic E-state index is -0.601. The molecule has 17 heavy (non-hydrogen) atoms. The first-order valence-electron chi connectivity index (χ1n) is 5.29. The van der Waals surface area contributed by atoms with Crippen LogP contribution in [0.2, 0.25) is 0 Å². The Bertz CT molecular complexity index is 389. The summed E-state index contributed by atoms with van der Waals surface area (Å²) >= 11 is 0. The summed E-state index contributed by atoms with van der Waals surface area (Å²) < 4.78 is 9.61. The van der Waals surface area contributed by atoms with Crippen molar-refractivity contribution in [2.45, 2.75) is 26.7 Å². The molecule has 1 radical (unpaired) electrons. The second-order valence-corrected chi connectivity index (χ2v) is 3.24. The molecule has 0 aliphatic heterocycles. The number of esters is 2. The SMILES string of the molecule is CCC(=O)Oc1cccc(OC(=O)CC)c1[O]. The van der Waals surface area contributed by atoms with Crippen molar-refractivity contribution in [2.75, 3.05) is 0 Å². The smallest absolute Gasteiger partial charge is 0.311 e. The molecule has 0 bridgehead atoms. The van der Waals surface area contributed by atoms with Gasteiger partial charge in [0.1, 0.15) is 0 Å². The predicted molar refractivity (Wildman–Crippen MR) is 58.4 cm³/mol. The molecule has 0 atom stereocenters. The van der Waals surface area contributed by atoms with E-state index < -0.39 is 17.7 Å². The topological polar surface area (TPSA) is 72.5 Å². The molecule has 91 valence electrons. The van der Waals surface area contributed by atoms with Crippen molar-refractivity contribution in [3.8, 4) is 17.2 Å². The first kappa shape index (κ1) is 13.0. The third kappa shape index (κ3) is 3.48. The Morgan fingerprint density at radius 2 is 1.41 bits per heavy atom. The number of benzene rings is 1. The van der Waals surface area contributed by atoms with Crippen LogP contribution in [-0.2, 0) is 14.7 Å². The van der Waals surface area contributed by atoms with Gasteiger partial charge in [0.2, 0.25) is 0 Å². The average molecular weight is 237 g/mol. The van der Waals surface area contributed by atoms with Gasteiger partial charge in [-0.15, -0.1) is 0 Å².